The minimum absolute atomic E-state index is 0.0198. The Bertz CT molecular complexity index is 285. The third kappa shape index (κ3) is 2.22. The van der Waals surface area contributed by atoms with Gasteiger partial charge in [0.15, 0.2) is 0 Å². The van der Waals surface area contributed by atoms with Crippen molar-refractivity contribution in [2.24, 2.45) is 11.3 Å². The van der Waals surface area contributed by atoms with Gasteiger partial charge < -0.3 is 4.74 Å². The lowest BCUT2D eigenvalue weighted by Gasteiger charge is -2.58. The molecule has 1 heterocycles. The Kier molecular flexibility index (Phi) is 3.81. The third-order valence-electron chi connectivity index (χ3n) is 5.70. The molecule has 1 aliphatic carbocycles. The van der Waals surface area contributed by atoms with Gasteiger partial charge in [-0.1, -0.05) is 34.6 Å². The van der Waals surface area contributed by atoms with E-state index in [1.54, 1.807) is 0 Å². The molecule has 1 saturated heterocycles. The average Bonchev–Trinajstić information content (AvgIpc) is 2.36. The summed E-state index contributed by atoms with van der Waals surface area (Å²) < 4.78 is 6.75. The Labute approximate surface area is 113 Å². The van der Waals surface area contributed by atoms with Crippen molar-refractivity contribution in [2.75, 3.05) is 6.54 Å². The maximum atomic E-state index is 6.75. The second kappa shape index (κ2) is 4.79. The summed E-state index contributed by atoms with van der Waals surface area (Å²) in [7, 11) is 0. The second-order valence-electron chi connectivity index (χ2n) is 7.22. The van der Waals surface area contributed by atoms with Crippen LogP contribution in [0.3, 0.4) is 0 Å². The van der Waals surface area contributed by atoms with Crippen LogP contribution in [-0.2, 0) is 4.74 Å². The molecule has 0 amide bonds. The van der Waals surface area contributed by atoms with Crippen molar-refractivity contribution in [3.05, 3.63) is 0 Å². The zero-order valence-electron chi connectivity index (χ0n) is 12.9. The summed E-state index contributed by atoms with van der Waals surface area (Å²) >= 11 is 0. The first kappa shape index (κ1) is 14.3. The fourth-order valence-corrected chi connectivity index (χ4v) is 3.95. The summed E-state index contributed by atoms with van der Waals surface area (Å²) in [5.74, 6) is 0.869. The molecule has 0 bridgehead atoms. The lowest BCUT2D eigenvalue weighted by molar-refractivity contribution is -0.265. The smallest absolute Gasteiger partial charge is 0.120 e. The molecule has 1 N–H and O–H groups in total. The quantitative estimate of drug-likeness (QED) is 0.800. The fraction of sp³-hybridized carbons (Fsp3) is 1.00. The van der Waals surface area contributed by atoms with Gasteiger partial charge in [-0.15, -0.1) is 0 Å². The minimum atomic E-state index is -0.0198. The van der Waals surface area contributed by atoms with E-state index in [-0.39, 0.29) is 16.7 Å². The van der Waals surface area contributed by atoms with E-state index in [0.29, 0.717) is 0 Å². The summed E-state index contributed by atoms with van der Waals surface area (Å²) in [4.78, 5) is 0. The highest BCUT2D eigenvalue weighted by Gasteiger charge is 2.53. The molecule has 0 aromatic carbocycles. The van der Waals surface area contributed by atoms with Crippen LogP contribution >= 0.6 is 0 Å². The third-order valence-corrected chi connectivity index (χ3v) is 5.70. The van der Waals surface area contributed by atoms with Gasteiger partial charge in [-0.05, 0) is 44.4 Å². The number of hydrogen-bond donors (Lipinski definition) is 1. The summed E-state index contributed by atoms with van der Waals surface area (Å²) in [5, 5.41) is 3.75. The van der Waals surface area contributed by atoms with Crippen LogP contribution in [0.2, 0.25) is 0 Å². The highest BCUT2D eigenvalue weighted by molar-refractivity contribution is 5.03. The standard InChI is InChI=1S/C16H31NO/c1-6-15(7-2)14(4,5)12-17-16(18-15)10-8-13(3)9-11-16/h13,17H,6-12H2,1-5H3. The van der Waals surface area contributed by atoms with Gasteiger partial charge in [0, 0.05) is 12.0 Å². The van der Waals surface area contributed by atoms with Crippen molar-refractivity contribution >= 4 is 0 Å². The molecule has 106 valence electrons. The molecular formula is C16H31NO. The molecule has 18 heavy (non-hydrogen) atoms. The van der Waals surface area contributed by atoms with E-state index in [0.717, 1.165) is 25.3 Å². The Morgan fingerprint density at radius 3 is 2.17 bits per heavy atom. The van der Waals surface area contributed by atoms with Crippen molar-refractivity contribution < 1.29 is 4.74 Å². The van der Waals surface area contributed by atoms with E-state index >= 15 is 0 Å². The number of hydrogen-bond acceptors (Lipinski definition) is 2. The van der Waals surface area contributed by atoms with Gasteiger partial charge in [-0.3, -0.25) is 5.32 Å². The Morgan fingerprint density at radius 2 is 1.67 bits per heavy atom. The average molecular weight is 253 g/mol. The van der Waals surface area contributed by atoms with E-state index in [4.69, 9.17) is 4.74 Å². The van der Waals surface area contributed by atoms with Crippen molar-refractivity contribution in [1.82, 2.24) is 5.32 Å². The Morgan fingerprint density at radius 1 is 1.11 bits per heavy atom. The Balaban J connectivity index is 2.19. The van der Waals surface area contributed by atoms with Gasteiger partial charge in [0.2, 0.25) is 0 Å². The van der Waals surface area contributed by atoms with Crippen LogP contribution in [-0.4, -0.2) is 17.9 Å². The molecule has 0 aromatic heterocycles. The predicted octanol–water partition coefficient (Wildman–Crippen LogP) is 4.10. The zero-order chi connectivity index (χ0) is 13.4. The van der Waals surface area contributed by atoms with Gasteiger partial charge in [-0.2, -0.15) is 0 Å². The molecule has 0 unspecified atom stereocenters. The first-order valence-corrected chi connectivity index (χ1v) is 7.84. The van der Waals surface area contributed by atoms with E-state index in [1.807, 2.05) is 0 Å². The van der Waals surface area contributed by atoms with Crippen LogP contribution < -0.4 is 5.32 Å². The molecule has 0 radical (unpaired) electrons. The molecule has 2 aliphatic rings. The maximum absolute atomic E-state index is 6.75. The Hall–Kier alpha value is -0.0800. The van der Waals surface area contributed by atoms with E-state index in [1.165, 1.54) is 25.7 Å². The van der Waals surface area contributed by atoms with Gasteiger partial charge in [-0.25, -0.2) is 0 Å². The largest absolute Gasteiger partial charge is 0.354 e. The van der Waals surface area contributed by atoms with Gasteiger partial charge >= 0.3 is 0 Å². The van der Waals surface area contributed by atoms with Gasteiger partial charge in [0.25, 0.3) is 0 Å². The molecule has 2 rings (SSSR count). The summed E-state index contributed by atoms with van der Waals surface area (Å²) in [6.45, 7) is 12.7. The summed E-state index contributed by atoms with van der Waals surface area (Å²) in [6, 6.07) is 0. The molecule has 0 atom stereocenters. The van der Waals surface area contributed by atoms with Crippen LogP contribution in [0.4, 0.5) is 0 Å². The summed E-state index contributed by atoms with van der Waals surface area (Å²) in [6.07, 6.45) is 7.22. The van der Waals surface area contributed by atoms with E-state index in [2.05, 4.69) is 39.9 Å². The van der Waals surface area contributed by atoms with Crippen LogP contribution in [0.1, 0.15) is 73.1 Å². The van der Waals surface area contributed by atoms with Gasteiger partial charge in [0.05, 0.1) is 5.60 Å². The van der Waals surface area contributed by atoms with E-state index < -0.39 is 0 Å². The lowest BCUT2D eigenvalue weighted by atomic mass is 9.68. The molecule has 2 fully saturated rings. The van der Waals surface area contributed by atoms with Crippen molar-refractivity contribution in [3.8, 4) is 0 Å². The highest BCUT2D eigenvalue weighted by Crippen LogP contribution is 2.48. The highest BCUT2D eigenvalue weighted by atomic mass is 16.5. The summed E-state index contributed by atoms with van der Waals surface area (Å²) in [5.41, 5.74) is 0.262. The molecule has 2 heteroatoms. The molecule has 1 saturated carbocycles. The van der Waals surface area contributed by atoms with Crippen LogP contribution in [0.5, 0.6) is 0 Å². The molecular weight excluding hydrogens is 222 g/mol. The molecule has 0 aromatic rings. The molecule has 1 aliphatic heterocycles. The van der Waals surface area contributed by atoms with Crippen LogP contribution in [0.25, 0.3) is 0 Å². The zero-order valence-corrected chi connectivity index (χ0v) is 12.9. The van der Waals surface area contributed by atoms with Crippen molar-refractivity contribution in [3.63, 3.8) is 0 Å². The SMILES string of the molecule is CCC1(CC)OC2(CCC(C)CC2)NCC1(C)C. The number of ether oxygens (including phenoxy) is 1. The monoisotopic (exact) mass is 253 g/mol. The predicted molar refractivity (Wildman–Crippen MR) is 76.5 cm³/mol. The minimum Gasteiger partial charge on any atom is -0.354 e. The second-order valence-corrected chi connectivity index (χ2v) is 7.22. The van der Waals surface area contributed by atoms with Crippen molar-refractivity contribution in [2.45, 2.75) is 84.5 Å². The molecule has 1 spiro atoms. The number of nitrogens with one attached hydrogen (secondary N) is 1. The number of rotatable bonds is 2. The van der Waals surface area contributed by atoms with Gasteiger partial charge in [0.1, 0.15) is 5.72 Å². The van der Waals surface area contributed by atoms with Crippen molar-refractivity contribution in [1.29, 1.82) is 0 Å². The maximum Gasteiger partial charge on any atom is 0.120 e. The normalized spacial score (nSPS) is 38.8. The fourth-order valence-electron chi connectivity index (χ4n) is 3.95. The first-order chi connectivity index (χ1) is 8.39. The van der Waals surface area contributed by atoms with Crippen LogP contribution in [0, 0.1) is 11.3 Å². The lowest BCUT2D eigenvalue weighted by Crippen LogP contribution is -2.67. The van der Waals surface area contributed by atoms with Crippen LogP contribution in [0.15, 0.2) is 0 Å². The molecule has 2 nitrogen and oxygen atoms in total. The topological polar surface area (TPSA) is 21.3 Å². The first-order valence-electron chi connectivity index (χ1n) is 7.84. The van der Waals surface area contributed by atoms with E-state index in [9.17, 15) is 0 Å².